The molecule has 0 unspecified atom stereocenters. The smallest absolute Gasteiger partial charge is 0.285 e. The lowest BCUT2D eigenvalue weighted by atomic mass is 10.3. The molecule has 6 heteroatoms. The molecule has 96 valence electrons. The first-order chi connectivity index (χ1) is 8.49. The molecule has 0 aliphatic heterocycles. The molecular formula is C12H12F2N2OS. The van der Waals surface area contributed by atoms with Crippen LogP contribution in [0, 0.1) is 6.92 Å². The van der Waals surface area contributed by atoms with Crippen LogP contribution in [-0.4, -0.2) is 15.1 Å². The minimum atomic E-state index is -2.43. The van der Waals surface area contributed by atoms with Crippen LogP contribution in [0.25, 0.3) is 5.69 Å². The number of aromatic nitrogens is 2. The van der Waals surface area contributed by atoms with Crippen LogP contribution in [0.3, 0.4) is 0 Å². The van der Waals surface area contributed by atoms with Gasteiger partial charge in [-0.05, 0) is 31.2 Å². The summed E-state index contributed by atoms with van der Waals surface area (Å²) in [6, 6.07) is 8.01. The maximum Gasteiger partial charge on any atom is 0.288 e. The van der Waals surface area contributed by atoms with E-state index < -0.39 is 5.76 Å². The Hall–Kier alpha value is -1.56. The van der Waals surface area contributed by atoms with Gasteiger partial charge in [-0.25, -0.2) is 4.68 Å². The number of thioether (sulfide) groups is 1. The van der Waals surface area contributed by atoms with E-state index in [4.69, 9.17) is 0 Å². The highest BCUT2D eigenvalue weighted by Crippen LogP contribution is 2.25. The molecule has 1 heterocycles. The van der Waals surface area contributed by atoms with Crippen molar-refractivity contribution in [2.45, 2.75) is 17.6 Å². The lowest BCUT2D eigenvalue weighted by molar-refractivity contribution is 0.252. The van der Waals surface area contributed by atoms with E-state index in [0.717, 1.165) is 5.69 Å². The third-order valence-electron chi connectivity index (χ3n) is 2.66. The first-order valence-corrected chi connectivity index (χ1v) is 6.18. The Balaban J connectivity index is 2.37. The summed E-state index contributed by atoms with van der Waals surface area (Å²) in [5, 5.41) is 0. The molecule has 2 rings (SSSR count). The lowest BCUT2D eigenvalue weighted by Crippen LogP contribution is -2.19. The average molecular weight is 270 g/mol. The van der Waals surface area contributed by atoms with E-state index in [9.17, 15) is 13.6 Å². The number of benzene rings is 1. The summed E-state index contributed by atoms with van der Waals surface area (Å²) in [5.74, 6) is -2.43. The van der Waals surface area contributed by atoms with E-state index in [1.807, 2.05) is 6.92 Å². The van der Waals surface area contributed by atoms with Crippen LogP contribution in [0.4, 0.5) is 8.78 Å². The van der Waals surface area contributed by atoms with Crippen molar-refractivity contribution in [3.63, 3.8) is 0 Å². The van der Waals surface area contributed by atoms with Gasteiger partial charge in [0.2, 0.25) is 0 Å². The highest BCUT2D eigenvalue weighted by molar-refractivity contribution is 7.99. The zero-order chi connectivity index (χ0) is 13.3. The van der Waals surface area contributed by atoms with Crippen molar-refractivity contribution in [1.82, 2.24) is 9.36 Å². The molecule has 0 radical (unpaired) electrons. The zero-order valence-corrected chi connectivity index (χ0v) is 10.7. The number of hydrogen-bond donors (Lipinski definition) is 0. The van der Waals surface area contributed by atoms with E-state index in [-0.39, 0.29) is 5.56 Å². The van der Waals surface area contributed by atoms with Crippen LogP contribution >= 0.6 is 11.8 Å². The van der Waals surface area contributed by atoms with Gasteiger partial charge in [0.1, 0.15) is 0 Å². The van der Waals surface area contributed by atoms with Crippen LogP contribution in [0.5, 0.6) is 0 Å². The van der Waals surface area contributed by atoms with E-state index in [1.54, 1.807) is 36.0 Å². The largest absolute Gasteiger partial charge is 0.288 e. The molecule has 0 saturated carbocycles. The summed E-state index contributed by atoms with van der Waals surface area (Å²) in [6.07, 6.45) is 0. The molecule has 1 aromatic heterocycles. The van der Waals surface area contributed by atoms with Crippen LogP contribution in [0.1, 0.15) is 5.69 Å². The van der Waals surface area contributed by atoms with Gasteiger partial charge in [-0.1, -0.05) is 11.8 Å². The molecule has 0 aliphatic carbocycles. The fourth-order valence-electron chi connectivity index (χ4n) is 1.71. The van der Waals surface area contributed by atoms with Crippen molar-refractivity contribution in [3.05, 3.63) is 46.4 Å². The highest BCUT2D eigenvalue weighted by atomic mass is 32.2. The SMILES string of the molecule is Cc1cc(=O)n(-c2ccc(SC(F)F)cc2)n1C. The maximum atomic E-state index is 12.2. The third-order valence-corrected chi connectivity index (χ3v) is 3.38. The Labute approximate surface area is 107 Å². The first-order valence-electron chi connectivity index (χ1n) is 5.30. The second-order valence-electron chi connectivity index (χ2n) is 3.83. The van der Waals surface area contributed by atoms with E-state index in [2.05, 4.69) is 0 Å². The molecular weight excluding hydrogens is 258 g/mol. The average Bonchev–Trinajstić information content (AvgIpc) is 2.54. The second-order valence-corrected chi connectivity index (χ2v) is 4.90. The van der Waals surface area contributed by atoms with Crippen molar-refractivity contribution in [2.75, 3.05) is 0 Å². The number of hydrogen-bond acceptors (Lipinski definition) is 2. The molecule has 3 nitrogen and oxygen atoms in total. The Kier molecular flexibility index (Phi) is 3.56. The van der Waals surface area contributed by atoms with Gasteiger partial charge < -0.3 is 0 Å². The first kappa shape index (κ1) is 12.9. The van der Waals surface area contributed by atoms with Crippen molar-refractivity contribution in [3.8, 4) is 5.69 Å². The predicted molar refractivity (Wildman–Crippen MR) is 67.6 cm³/mol. The van der Waals surface area contributed by atoms with E-state index in [0.29, 0.717) is 22.3 Å². The van der Waals surface area contributed by atoms with Crippen molar-refractivity contribution < 1.29 is 8.78 Å². The fraction of sp³-hybridized carbons (Fsp3) is 0.250. The molecule has 0 spiro atoms. The van der Waals surface area contributed by atoms with E-state index in [1.165, 1.54) is 10.7 Å². The molecule has 0 N–H and O–H groups in total. The van der Waals surface area contributed by atoms with Gasteiger partial charge in [0, 0.05) is 23.7 Å². The predicted octanol–water partition coefficient (Wildman–Crippen LogP) is 2.80. The molecule has 0 fully saturated rings. The van der Waals surface area contributed by atoms with Crippen molar-refractivity contribution in [1.29, 1.82) is 0 Å². The number of nitrogens with zero attached hydrogens (tertiary/aromatic N) is 2. The van der Waals surface area contributed by atoms with Crippen LogP contribution in [0.15, 0.2) is 40.0 Å². The molecule has 0 atom stereocenters. The van der Waals surface area contributed by atoms with Crippen molar-refractivity contribution in [2.24, 2.45) is 7.05 Å². The van der Waals surface area contributed by atoms with Crippen LogP contribution in [0.2, 0.25) is 0 Å². The summed E-state index contributed by atoms with van der Waals surface area (Å²) < 4.78 is 27.6. The highest BCUT2D eigenvalue weighted by Gasteiger charge is 2.08. The maximum absolute atomic E-state index is 12.2. The molecule has 0 saturated heterocycles. The Morgan fingerprint density at radius 2 is 1.83 bits per heavy atom. The van der Waals surface area contributed by atoms with Crippen molar-refractivity contribution >= 4 is 11.8 Å². The second kappa shape index (κ2) is 4.97. The summed E-state index contributed by atoms with van der Waals surface area (Å²) in [5.41, 5.74) is 1.37. The van der Waals surface area contributed by atoms with Gasteiger partial charge >= 0.3 is 0 Å². The van der Waals surface area contributed by atoms with Gasteiger partial charge in [-0.3, -0.25) is 9.48 Å². The van der Waals surface area contributed by atoms with Crippen LogP contribution < -0.4 is 5.56 Å². The summed E-state index contributed by atoms with van der Waals surface area (Å²) in [4.78, 5) is 12.2. The minimum absolute atomic E-state index is 0.135. The summed E-state index contributed by atoms with van der Waals surface area (Å²) in [7, 11) is 1.78. The monoisotopic (exact) mass is 270 g/mol. The molecule has 1 aromatic carbocycles. The number of rotatable bonds is 3. The summed E-state index contributed by atoms with van der Waals surface area (Å²) in [6.45, 7) is 1.83. The zero-order valence-electron chi connectivity index (χ0n) is 9.93. The Morgan fingerprint density at radius 1 is 1.22 bits per heavy atom. The number of halogens is 2. The normalized spacial score (nSPS) is 11.2. The van der Waals surface area contributed by atoms with Gasteiger partial charge in [-0.2, -0.15) is 8.78 Å². The molecule has 0 amide bonds. The van der Waals surface area contributed by atoms with Gasteiger partial charge in [0.15, 0.2) is 0 Å². The Morgan fingerprint density at radius 3 is 2.28 bits per heavy atom. The quantitative estimate of drug-likeness (QED) is 0.802. The van der Waals surface area contributed by atoms with Gasteiger partial charge in [-0.15, -0.1) is 0 Å². The standard InChI is InChI=1S/C12H12F2N2OS/c1-8-7-11(17)16(15(8)2)9-3-5-10(6-4-9)18-12(13)14/h3-7,12H,1-2H3. The summed E-state index contributed by atoms with van der Waals surface area (Å²) >= 11 is 0.488. The Bertz CT molecular complexity index is 602. The topological polar surface area (TPSA) is 26.9 Å². The molecule has 0 bridgehead atoms. The molecule has 2 aromatic rings. The number of aryl methyl sites for hydroxylation is 1. The lowest BCUT2D eigenvalue weighted by Gasteiger charge is -2.09. The van der Waals surface area contributed by atoms with Gasteiger partial charge in [0.25, 0.3) is 11.3 Å². The van der Waals surface area contributed by atoms with Gasteiger partial charge in [0.05, 0.1) is 5.69 Å². The van der Waals surface area contributed by atoms with Crippen LogP contribution in [-0.2, 0) is 7.05 Å². The molecule has 18 heavy (non-hydrogen) atoms. The fourth-order valence-corrected chi connectivity index (χ4v) is 2.21. The van der Waals surface area contributed by atoms with E-state index >= 15 is 0 Å². The third kappa shape index (κ3) is 2.48. The minimum Gasteiger partial charge on any atom is -0.285 e. The molecule has 0 aliphatic rings. The number of alkyl halides is 2.